The van der Waals surface area contributed by atoms with E-state index >= 15 is 0 Å². The average molecular weight is 304 g/mol. The van der Waals surface area contributed by atoms with E-state index in [1.165, 1.54) is 0 Å². The van der Waals surface area contributed by atoms with Crippen molar-refractivity contribution in [3.8, 4) is 0 Å². The van der Waals surface area contributed by atoms with E-state index < -0.39 is 5.85 Å². The topological polar surface area (TPSA) is 32.8 Å². The second-order valence-electron chi connectivity index (χ2n) is 4.64. The monoisotopic (exact) mass is 304 g/mol. The number of hydrogen-bond donors (Lipinski definition) is 0. The molecule has 0 fully saturated rings. The highest BCUT2D eigenvalue weighted by atomic mass is 32.2. The molecule has 3 heterocycles. The largest absolute Gasteiger partial charge is 0.411 e. The maximum absolute atomic E-state index is 12.3. The molecule has 4 nitrogen and oxygen atoms in total. The maximum atomic E-state index is 12.3. The van der Waals surface area contributed by atoms with Gasteiger partial charge in [-0.3, -0.25) is 0 Å². The Morgan fingerprint density at radius 2 is 1.70 bits per heavy atom. The van der Waals surface area contributed by atoms with Crippen LogP contribution in [0.4, 0.5) is 0 Å². The zero-order chi connectivity index (χ0) is 13.6. The van der Waals surface area contributed by atoms with Crippen LogP contribution in [-0.4, -0.2) is 27.5 Å². The molecule has 4 rings (SSSR count). The molecule has 0 saturated carbocycles. The molecule has 0 unspecified atom stereocenters. The zero-order valence-electron chi connectivity index (χ0n) is 10.6. The van der Waals surface area contributed by atoms with Crippen molar-refractivity contribution in [2.75, 3.05) is 11.8 Å². The fourth-order valence-corrected chi connectivity index (χ4v) is 4.20. The van der Waals surface area contributed by atoms with Gasteiger partial charge in [0.1, 0.15) is 0 Å². The first-order chi connectivity index (χ1) is 9.82. The van der Waals surface area contributed by atoms with Crippen molar-refractivity contribution in [3.05, 3.63) is 58.6 Å². The van der Waals surface area contributed by atoms with Gasteiger partial charge in [0.25, 0.3) is 5.85 Å². The molecule has 0 amide bonds. The molecule has 0 spiro atoms. The van der Waals surface area contributed by atoms with Crippen LogP contribution in [-0.2, 0) is 10.6 Å². The standard InChI is InChI=1S/C14H12N2O2S2/c17-13-11-3-1-2-4-12(11)14(18-13,15-5-7-19-9-15)16-6-8-20-10-16/h1-8H,9-10H2. The smallest absolute Gasteiger partial charge is 0.342 e. The molecule has 6 heteroatoms. The minimum Gasteiger partial charge on any atom is -0.411 e. The Kier molecular flexibility index (Phi) is 2.75. The normalized spacial score (nSPS) is 22.5. The summed E-state index contributed by atoms with van der Waals surface area (Å²) in [5, 5.41) is 4.06. The summed E-state index contributed by atoms with van der Waals surface area (Å²) in [6.45, 7) is 0. The van der Waals surface area contributed by atoms with Gasteiger partial charge in [-0.15, -0.1) is 23.5 Å². The molecule has 0 radical (unpaired) electrons. The minimum atomic E-state index is -0.840. The van der Waals surface area contributed by atoms with Gasteiger partial charge in [-0.1, -0.05) is 18.2 Å². The fraction of sp³-hybridized carbons (Fsp3) is 0.214. The van der Waals surface area contributed by atoms with E-state index in [2.05, 4.69) is 9.80 Å². The van der Waals surface area contributed by atoms with E-state index in [9.17, 15) is 4.79 Å². The predicted molar refractivity (Wildman–Crippen MR) is 80.4 cm³/mol. The summed E-state index contributed by atoms with van der Waals surface area (Å²) in [5.74, 6) is 0.456. The number of hydrogen-bond acceptors (Lipinski definition) is 6. The molecule has 102 valence electrons. The zero-order valence-corrected chi connectivity index (χ0v) is 12.2. The van der Waals surface area contributed by atoms with Crippen LogP contribution in [0.5, 0.6) is 0 Å². The van der Waals surface area contributed by atoms with Gasteiger partial charge in [-0.25, -0.2) is 4.79 Å². The van der Waals surface area contributed by atoms with Crippen LogP contribution in [0.3, 0.4) is 0 Å². The molecule has 20 heavy (non-hydrogen) atoms. The van der Waals surface area contributed by atoms with Gasteiger partial charge in [0, 0.05) is 12.4 Å². The molecule has 0 aliphatic carbocycles. The number of nitrogens with zero attached hydrogens (tertiary/aromatic N) is 2. The Balaban J connectivity index is 1.90. The van der Waals surface area contributed by atoms with Crippen LogP contribution in [0.1, 0.15) is 15.9 Å². The van der Waals surface area contributed by atoms with Gasteiger partial charge in [0.2, 0.25) is 0 Å². The molecule has 0 aromatic heterocycles. The summed E-state index contributed by atoms with van der Waals surface area (Å²) in [6, 6.07) is 7.64. The number of ether oxygens (including phenoxy) is 1. The van der Waals surface area contributed by atoms with Crippen LogP contribution in [0.25, 0.3) is 0 Å². The van der Waals surface area contributed by atoms with E-state index in [0.717, 1.165) is 17.3 Å². The molecule has 1 aromatic rings. The highest BCUT2D eigenvalue weighted by Crippen LogP contribution is 2.46. The molecular formula is C14H12N2O2S2. The van der Waals surface area contributed by atoms with Gasteiger partial charge in [-0.2, -0.15) is 0 Å². The maximum Gasteiger partial charge on any atom is 0.342 e. The Hall–Kier alpha value is -1.53. The molecule has 1 aromatic carbocycles. The summed E-state index contributed by atoms with van der Waals surface area (Å²) in [5.41, 5.74) is 1.58. The van der Waals surface area contributed by atoms with Gasteiger partial charge in [0.05, 0.1) is 22.9 Å². The number of thioether (sulfide) groups is 2. The Morgan fingerprint density at radius 3 is 2.30 bits per heavy atom. The van der Waals surface area contributed by atoms with E-state index in [-0.39, 0.29) is 5.97 Å². The Bertz CT molecular complexity index is 607. The number of cyclic esters (lactones) is 1. The lowest BCUT2D eigenvalue weighted by molar-refractivity contribution is -0.168. The highest BCUT2D eigenvalue weighted by molar-refractivity contribution is 8.02. The Labute approximate surface area is 125 Å². The number of benzene rings is 1. The van der Waals surface area contributed by atoms with Crippen molar-refractivity contribution in [2.24, 2.45) is 0 Å². The summed E-state index contributed by atoms with van der Waals surface area (Å²) >= 11 is 3.40. The van der Waals surface area contributed by atoms with Gasteiger partial charge >= 0.3 is 5.97 Å². The van der Waals surface area contributed by atoms with E-state index in [1.54, 1.807) is 23.5 Å². The van der Waals surface area contributed by atoms with Crippen LogP contribution in [0, 0.1) is 0 Å². The quantitative estimate of drug-likeness (QED) is 0.781. The van der Waals surface area contributed by atoms with Crippen molar-refractivity contribution in [1.82, 2.24) is 9.80 Å². The molecule has 3 aliphatic heterocycles. The first-order valence-electron chi connectivity index (χ1n) is 6.25. The second-order valence-corrected chi connectivity index (χ2v) is 6.37. The third-order valence-corrected chi connectivity index (χ3v) is 5.10. The predicted octanol–water partition coefficient (Wildman–Crippen LogP) is 2.92. The number of carbonyl (C=O) groups excluding carboxylic acids is 1. The van der Waals surface area contributed by atoms with Crippen LogP contribution in [0.15, 0.2) is 47.5 Å². The van der Waals surface area contributed by atoms with Crippen molar-refractivity contribution in [2.45, 2.75) is 5.85 Å². The highest BCUT2D eigenvalue weighted by Gasteiger charge is 2.54. The van der Waals surface area contributed by atoms with Crippen molar-refractivity contribution in [3.63, 3.8) is 0 Å². The van der Waals surface area contributed by atoms with E-state index in [4.69, 9.17) is 4.74 Å². The molecule has 0 saturated heterocycles. The second kappa shape index (κ2) is 4.49. The van der Waals surface area contributed by atoms with E-state index in [0.29, 0.717) is 5.56 Å². The lowest BCUT2D eigenvalue weighted by Crippen LogP contribution is -2.53. The third kappa shape index (κ3) is 1.55. The third-order valence-electron chi connectivity index (χ3n) is 3.61. The molecule has 0 atom stereocenters. The van der Waals surface area contributed by atoms with Crippen LogP contribution < -0.4 is 0 Å². The SMILES string of the molecule is O=C1OC(N2C=CSC2)(N2C=CSC2)c2ccccc21. The van der Waals surface area contributed by atoms with Crippen molar-refractivity contribution >= 4 is 29.5 Å². The van der Waals surface area contributed by atoms with Crippen LogP contribution >= 0.6 is 23.5 Å². The number of rotatable bonds is 2. The molecule has 3 aliphatic rings. The first-order valence-corrected chi connectivity index (χ1v) is 8.35. The van der Waals surface area contributed by atoms with Gasteiger partial charge in [0.15, 0.2) is 0 Å². The lowest BCUT2D eigenvalue weighted by atomic mass is 10.0. The molecular weight excluding hydrogens is 292 g/mol. The van der Waals surface area contributed by atoms with Crippen molar-refractivity contribution < 1.29 is 9.53 Å². The summed E-state index contributed by atoms with van der Waals surface area (Å²) in [7, 11) is 0. The van der Waals surface area contributed by atoms with Gasteiger partial charge < -0.3 is 14.5 Å². The number of carbonyl (C=O) groups is 1. The first kappa shape index (κ1) is 12.2. The number of fused-ring (bicyclic) bond motifs is 1. The number of esters is 1. The molecule has 0 N–H and O–H groups in total. The lowest BCUT2D eigenvalue weighted by Gasteiger charge is -2.43. The minimum absolute atomic E-state index is 0.254. The fourth-order valence-electron chi connectivity index (χ4n) is 2.72. The summed E-state index contributed by atoms with van der Waals surface area (Å²) in [6.07, 6.45) is 3.99. The van der Waals surface area contributed by atoms with Crippen LogP contribution in [0.2, 0.25) is 0 Å². The Morgan fingerprint density at radius 1 is 1.05 bits per heavy atom. The van der Waals surface area contributed by atoms with Crippen molar-refractivity contribution in [1.29, 1.82) is 0 Å². The average Bonchev–Trinajstić information content (AvgIpc) is 3.20. The van der Waals surface area contributed by atoms with E-state index in [1.807, 2.05) is 47.5 Å². The summed E-state index contributed by atoms with van der Waals surface area (Å²) in [4.78, 5) is 16.4. The van der Waals surface area contributed by atoms with Gasteiger partial charge in [-0.05, 0) is 16.9 Å². The molecule has 0 bridgehead atoms. The summed E-state index contributed by atoms with van der Waals surface area (Å²) < 4.78 is 5.87.